The average molecular weight is 210 g/mol. The molecule has 0 bridgehead atoms. The van der Waals surface area contributed by atoms with Crippen molar-refractivity contribution in [3.05, 3.63) is 0 Å². The van der Waals surface area contributed by atoms with E-state index >= 15 is 0 Å². The van der Waals surface area contributed by atoms with Crippen molar-refractivity contribution in [2.75, 3.05) is 27.2 Å². The summed E-state index contributed by atoms with van der Waals surface area (Å²) in [4.78, 5) is 13.9. The van der Waals surface area contributed by atoms with Gasteiger partial charge in [0.05, 0.1) is 6.04 Å². The summed E-state index contributed by atoms with van der Waals surface area (Å²) in [6.45, 7) is -0.933. The lowest BCUT2D eigenvalue weighted by molar-refractivity contribution is -0.158. The van der Waals surface area contributed by atoms with Gasteiger partial charge in [-0.1, -0.05) is 0 Å². The lowest BCUT2D eigenvalue weighted by Crippen LogP contribution is -2.41. The van der Waals surface area contributed by atoms with Crippen molar-refractivity contribution < 1.29 is 18.0 Å². The Hall–Kier alpha value is -0.780. The molecule has 82 valence electrons. The first-order valence-corrected chi connectivity index (χ1v) is 4.33. The smallest absolute Gasteiger partial charge is 0.332 e. The molecule has 1 aliphatic rings. The zero-order chi connectivity index (χ0) is 10.9. The van der Waals surface area contributed by atoms with Crippen LogP contribution in [0.1, 0.15) is 6.42 Å². The average Bonchev–Trinajstić information content (AvgIpc) is 2.29. The highest BCUT2D eigenvalue weighted by Crippen LogP contribution is 2.22. The molecule has 3 nitrogen and oxygen atoms in total. The first-order valence-electron chi connectivity index (χ1n) is 4.33. The van der Waals surface area contributed by atoms with Gasteiger partial charge >= 0.3 is 6.18 Å². The summed E-state index contributed by atoms with van der Waals surface area (Å²) >= 11 is 0. The molecule has 0 aromatic rings. The van der Waals surface area contributed by atoms with Crippen molar-refractivity contribution in [1.29, 1.82) is 0 Å². The Morgan fingerprint density at radius 2 is 2.07 bits per heavy atom. The fourth-order valence-electron chi connectivity index (χ4n) is 1.58. The van der Waals surface area contributed by atoms with E-state index in [4.69, 9.17) is 0 Å². The topological polar surface area (TPSA) is 23.6 Å². The molecule has 0 unspecified atom stereocenters. The van der Waals surface area contributed by atoms with Gasteiger partial charge in [0.1, 0.15) is 6.54 Å². The quantitative estimate of drug-likeness (QED) is 0.670. The normalized spacial score (nSPS) is 23.7. The van der Waals surface area contributed by atoms with Crippen molar-refractivity contribution in [3.63, 3.8) is 0 Å². The Labute approximate surface area is 80.5 Å². The first kappa shape index (κ1) is 11.3. The molecular formula is C8H13F3N2O. The summed E-state index contributed by atoms with van der Waals surface area (Å²) in [6, 6.07) is -0.391. The minimum atomic E-state index is -4.29. The lowest BCUT2D eigenvalue weighted by atomic mass is 10.2. The Morgan fingerprint density at radius 1 is 1.50 bits per heavy atom. The highest BCUT2D eigenvalue weighted by Gasteiger charge is 2.39. The van der Waals surface area contributed by atoms with E-state index in [1.54, 1.807) is 19.0 Å². The second-order valence-electron chi connectivity index (χ2n) is 3.64. The molecule has 0 saturated carbocycles. The summed E-state index contributed by atoms with van der Waals surface area (Å²) < 4.78 is 36.0. The number of amides is 1. The molecule has 1 rings (SSSR count). The molecule has 14 heavy (non-hydrogen) atoms. The molecule has 1 atom stereocenters. The Morgan fingerprint density at radius 3 is 2.43 bits per heavy atom. The molecule has 0 spiro atoms. The van der Waals surface area contributed by atoms with E-state index < -0.39 is 24.7 Å². The maximum absolute atomic E-state index is 12.0. The van der Waals surface area contributed by atoms with Crippen LogP contribution < -0.4 is 0 Å². The molecule has 1 amide bonds. The third-order valence-corrected chi connectivity index (χ3v) is 2.26. The highest BCUT2D eigenvalue weighted by molar-refractivity contribution is 5.83. The van der Waals surface area contributed by atoms with Crippen LogP contribution in [-0.2, 0) is 4.79 Å². The molecular weight excluding hydrogens is 197 g/mol. The first-order chi connectivity index (χ1) is 6.31. The molecule has 0 aromatic carbocycles. The summed E-state index contributed by atoms with van der Waals surface area (Å²) in [5.74, 6) is -0.424. The zero-order valence-electron chi connectivity index (χ0n) is 8.14. The number of likely N-dealkylation sites (tertiary alicyclic amines) is 1. The second kappa shape index (κ2) is 3.76. The fraction of sp³-hybridized carbons (Fsp3) is 0.875. The van der Waals surface area contributed by atoms with Crippen LogP contribution in [0.4, 0.5) is 13.2 Å². The van der Waals surface area contributed by atoms with Gasteiger partial charge in [-0.3, -0.25) is 9.69 Å². The Bertz CT molecular complexity index is 227. The van der Waals surface area contributed by atoms with Gasteiger partial charge < -0.3 is 4.90 Å². The summed E-state index contributed by atoms with van der Waals surface area (Å²) in [6.07, 6.45) is -3.82. The van der Waals surface area contributed by atoms with Crippen molar-refractivity contribution >= 4 is 5.91 Å². The van der Waals surface area contributed by atoms with Crippen LogP contribution in [0.15, 0.2) is 0 Å². The van der Waals surface area contributed by atoms with Crippen LogP contribution in [0, 0.1) is 0 Å². The predicted octanol–water partition coefficient (Wildman–Crippen LogP) is 0.711. The number of hydrogen-bond acceptors (Lipinski definition) is 2. The molecule has 0 aliphatic carbocycles. The fourth-order valence-corrected chi connectivity index (χ4v) is 1.58. The van der Waals surface area contributed by atoms with Gasteiger partial charge in [-0.05, 0) is 20.5 Å². The van der Waals surface area contributed by atoms with Gasteiger partial charge in [0.15, 0.2) is 0 Å². The van der Waals surface area contributed by atoms with E-state index in [1.807, 2.05) is 0 Å². The molecule has 1 saturated heterocycles. The molecule has 6 heteroatoms. The van der Waals surface area contributed by atoms with Crippen molar-refractivity contribution in [2.24, 2.45) is 0 Å². The van der Waals surface area contributed by atoms with E-state index in [-0.39, 0.29) is 6.54 Å². The molecule has 1 aliphatic heterocycles. The minimum Gasteiger partial charge on any atom is -0.332 e. The number of halogens is 3. The predicted molar refractivity (Wildman–Crippen MR) is 44.7 cm³/mol. The Kier molecular flexibility index (Phi) is 3.04. The van der Waals surface area contributed by atoms with Crippen LogP contribution in [0.5, 0.6) is 0 Å². The molecule has 0 radical (unpaired) electrons. The van der Waals surface area contributed by atoms with Crippen LogP contribution in [-0.4, -0.2) is 55.1 Å². The number of hydrogen-bond donors (Lipinski definition) is 0. The van der Waals surface area contributed by atoms with Gasteiger partial charge in [0.2, 0.25) is 5.91 Å². The van der Waals surface area contributed by atoms with Crippen LogP contribution in [0.25, 0.3) is 0 Å². The zero-order valence-corrected chi connectivity index (χ0v) is 8.14. The van der Waals surface area contributed by atoms with Gasteiger partial charge in [-0.2, -0.15) is 13.2 Å². The van der Waals surface area contributed by atoms with Gasteiger partial charge in [0.25, 0.3) is 0 Å². The highest BCUT2D eigenvalue weighted by atomic mass is 19.4. The van der Waals surface area contributed by atoms with E-state index in [0.717, 1.165) is 4.90 Å². The van der Waals surface area contributed by atoms with E-state index in [2.05, 4.69) is 0 Å². The number of likely N-dealkylation sites (N-methyl/N-ethyl adjacent to an activating group) is 1. The Balaban J connectivity index is 2.56. The van der Waals surface area contributed by atoms with Crippen LogP contribution in [0.2, 0.25) is 0 Å². The molecule has 0 N–H and O–H groups in total. The van der Waals surface area contributed by atoms with E-state index in [1.165, 1.54) is 0 Å². The van der Waals surface area contributed by atoms with Gasteiger partial charge in [-0.15, -0.1) is 0 Å². The van der Waals surface area contributed by atoms with Crippen LogP contribution >= 0.6 is 0 Å². The number of alkyl halides is 3. The molecule has 1 fully saturated rings. The minimum absolute atomic E-state index is 0.196. The number of carbonyl (C=O) groups excluding carboxylic acids is 1. The standard InChI is InChI=1S/C8H13F3N2O/c1-12(2)6-3-4-13(7(6)14)5-8(9,10)11/h6H,3-5H2,1-2H3/t6-/m0/s1. The summed E-state index contributed by atoms with van der Waals surface area (Å²) in [5.41, 5.74) is 0. The summed E-state index contributed by atoms with van der Waals surface area (Å²) in [7, 11) is 3.39. The van der Waals surface area contributed by atoms with E-state index in [9.17, 15) is 18.0 Å². The summed E-state index contributed by atoms with van der Waals surface area (Å²) in [5, 5.41) is 0. The van der Waals surface area contributed by atoms with Crippen LogP contribution in [0.3, 0.4) is 0 Å². The monoisotopic (exact) mass is 210 g/mol. The largest absolute Gasteiger partial charge is 0.406 e. The maximum Gasteiger partial charge on any atom is 0.406 e. The number of nitrogens with zero attached hydrogens (tertiary/aromatic N) is 2. The third-order valence-electron chi connectivity index (χ3n) is 2.26. The third kappa shape index (κ3) is 2.60. The van der Waals surface area contributed by atoms with Gasteiger partial charge in [-0.25, -0.2) is 0 Å². The van der Waals surface area contributed by atoms with E-state index in [0.29, 0.717) is 6.42 Å². The van der Waals surface area contributed by atoms with Gasteiger partial charge in [0, 0.05) is 6.54 Å². The number of carbonyl (C=O) groups is 1. The number of rotatable bonds is 2. The van der Waals surface area contributed by atoms with Crippen molar-refractivity contribution in [2.45, 2.75) is 18.6 Å². The van der Waals surface area contributed by atoms with Crippen molar-refractivity contribution in [3.8, 4) is 0 Å². The van der Waals surface area contributed by atoms with Crippen molar-refractivity contribution in [1.82, 2.24) is 9.80 Å². The maximum atomic E-state index is 12.0. The lowest BCUT2D eigenvalue weighted by Gasteiger charge is -2.20. The SMILES string of the molecule is CN(C)[C@H]1CCN(CC(F)(F)F)C1=O. The molecule has 0 aromatic heterocycles. The molecule has 1 heterocycles. The second-order valence-corrected chi connectivity index (χ2v) is 3.64.